The maximum atomic E-state index is 12.3. The number of sulfone groups is 1. The molecule has 5 nitrogen and oxygen atoms in total. The molecule has 0 bridgehead atoms. The van der Waals surface area contributed by atoms with Gasteiger partial charge in [-0.15, -0.1) is 0 Å². The molecule has 1 aliphatic rings. The molecular formula is C14H20N2O3S. The molecule has 3 N–H and O–H groups in total. The number of anilines is 2. The van der Waals surface area contributed by atoms with Gasteiger partial charge in [0.1, 0.15) is 5.25 Å². The van der Waals surface area contributed by atoms with E-state index >= 15 is 0 Å². The highest BCUT2D eigenvalue weighted by atomic mass is 32.2. The van der Waals surface area contributed by atoms with Crippen LogP contribution in [0.2, 0.25) is 0 Å². The number of carbonyl (C=O) groups excluding carboxylic acids is 1. The molecule has 2 rings (SSSR count). The number of rotatable bonds is 4. The fourth-order valence-electron chi connectivity index (χ4n) is 2.52. The molecule has 1 saturated carbocycles. The number of benzene rings is 1. The fourth-order valence-corrected chi connectivity index (χ4v) is 4.44. The molecule has 0 aliphatic heterocycles. The second kappa shape index (κ2) is 5.83. The Bertz CT molecular complexity index is 592. The highest BCUT2D eigenvalue weighted by Gasteiger charge is 2.37. The first-order chi connectivity index (χ1) is 9.41. The molecule has 0 radical (unpaired) electrons. The summed E-state index contributed by atoms with van der Waals surface area (Å²) in [7, 11) is -3.41. The van der Waals surface area contributed by atoms with Crippen LogP contribution in [-0.2, 0) is 14.6 Å². The van der Waals surface area contributed by atoms with Crippen LogP contribution in [0.3, 0.4) is 0 Å². The molecule has 1 unspecified atom stereocenters. The Labute approximate surface area is 119 Å². The summed E-state index contributed by atoms with van der Waals surface area (Å²) in [6.07, 6.45) is 3.18. The van der Waals surface area contributed by atoms with Gasteiger partial charge in [-0.05, 0) is 38.0 Å². The van der Waals surface area contributed by atoms with Gasteiger partial charge in [-0.2, -0.15) is 0 Å². The summed E-state index contributed by atoms with van der Waals surface area (Å²) in [6, 6.07) is 6.70. The van der Waals surface area contributed by atoms with E-state index in [4.69, 9.17) is 5.73 Å². The summed E-state index contributed by atoms with van der Waals surface area (Å²) >= 11 is 0. The third-order valence-electron chi connectivity index (χ3n) is 3.78. The third-order valence-corrected chi connectivity index (χ3v) is 6.38. The van der Waals surface area contributed by atoms with E-state index < -0.39 is 21.0 Å². The van der Waals surface area contributed by atoms with Crippen LogP contribution in [0.25, 0.3) is 0 Å². The van der Waals surface area contributed by atoms with E-state index in [2.05, 4.69) is 5.32 Å². The van der Waals surface area contributed by atoms with Crippen molar-refractivity contribution >= 4 is 27.1 Å². The molecule has 0 aromatic heterocycles. The molecule has 1 amide bonds. The number of nitrogens with one attached hydrogen (secondary N) is 1. The normalized spacial score (nSPS) is 17.9. The standard InChI is InChI=1S/C14H20N2O3S/c1-10(20(18,19)13-7-2-3-8-13)14(17)16-12-6-4-5-11(15)9-12/h4-6,9-10,13H,2-3,7-8,15H2,1H3,(H,16,17). The fraction of sp³-hybridized carbons (Fsp3) is 0.500. The smallest absolute Gasteiger partial charge is 0.242 e. The lowest BCUT2D eigenvalue weighted by molar-refractivity contribution is -0.115. The Morgan fingerprint density at radius 1 is 1.35 bits per heavy atom. The van der Waals surface area contributed by atoms with Gasteiger partial charge in [0, 0.05) is 11.4 Å². The Morgan fingerprint density at radius 3 is 2.60 bits per heavy atom. The summed E-state index contributed by atoms with van der Waals surface area (Å²) in [5.41, 5.74) is 6.67. The van der Waals surface area contributed by atoms with E-state index in [9.17, 15) is 13.2 Å². The average Bonchev–Trinajstić information content (AvgIpc) is 2.92. The molecule has 1 aliphatic carbocycles. The molecule has 1 aromatic carbocycles. The zero-order valence-corrected chi connectivity index (χ0v) is 12.3. The highest BCUT2D eigenvalue weighted by Crippen LogP contribution is 2.27. The lowest BCUT2D eigenvalue weighted by Gasteiger charge is -2.17. The number of carbonyl (C=O) groups is 1. The van der Waals surface area contributed by atoms with Gasteiger partial charge in [0.05, 0.1) is 5.25 Å². The van der Waals surface area contributed by atoms with Gasteiger partial charge in [0.15, 0.2) is 9.84 Å². The van der Waals surface area contributed by atoms with Crippen LogP contribution in [0, 0.1) is 0 Å². The first-order valence-electron chi connectivity index (χ1n) is 6.80. The van der Waals surface area contributed by atoms with E-state index in [0.717, 1.165) is 12.8 Å². The van der Waals surface area contributed by atoms with E-state index in [0.29, 0.717) is 24.2 Å². The van der Waals surface area contributed by atoms with Crippen molar-refractivity contribution in [1.82, 2.24) is 0 Å². The Kier molecular flexibility index (Phi) is 4.32. The van der Waals surface area contributed by atoms with E-state index in [1.54, 1.807) is 24.3 Å². The van der Waals surface area contributed by atoms with Crippen molar-refractivity contribution in [2.75, 3.05) is 11.1 Å². The number of hydrogen-bond acceptors (Lipinski definition) is 4. The molecule has 0 heterocycles. The SMILES string of the molecule is CC(C(=O)Nc1cccc(N)c1)S(=O)(=O)C1CCCC1. The summed E-state index contributed by atoms with van der Waals surface area (Å²) in [4.78, 5) is 12.1. The molecule has 0 saturated heterocycles. The topological polar surface area (TPSA) is 89.3 Å². The maximum absolute atomic E-state index is 12.3. The van der Waals surface area contributed by atoms with Crippen LogP contribution in [-0.4, -0.2) is 24.8 Å². The van der Waals surface area contributed by atoms with Crippen LogP contribution >= 0.6 is 0 Å². The van der Waals surface area contributed by atoms with Crippen LogP contribution in [0.1, 0.15) is 32.6 Å². The van der Waals surface area contributed by atoms with Gasteiger partial charge < -0.3 is 11.1 Å². The van der Waals surface area contributed by atoms with Crippen molar-refractivity contribution in [3.05, 3.63) is 24.3 Å². The average molecular weight is 296 g/mol. The lowest BCUT2D eigenvalue weighted by Crippen LogP contribution is -2.37. The predicted molar refractivity (Wildman–Crippen MR) is 80.1 cm³/mol. The van der Waals surface area contributed by atoms with Crippen molar-refractivity contribution in [1.29, 1.82) is 0 Å². The highest BCUT2D eigenvalue weighted by molar-refractivity contribution is 7.93. The Balaban J connectivity index is 2.08. The van der Waals surface area contributed by atoms with E-state index in [1.165, 1.54) is 6.92 Å². The van der Waals surface area contributed by atoms with Crippen molar-refractivity contribution in [3.8, 4) is 0 Å². The van der Waals surface area contributed by atoms with Gasteiger partial charge in [-0.3, -0.25) is 4.79 Å². The van der Waals surface area contributed by atoms with Crippen LogP contribution < -0.4 is 11.1 Å². The van der Waals surface area contributed by atoms with Crippen molar-refractivity contribution < 1.29 is 13.2 Å². The van der Waals surface area contributed by atoms with Crippen LogP contribution in [0.4, 0.5) is 11.4 Å². The number of hydrogen-bond donors (Lipinski definition) is 2. The molecule has 110 valence electrons. The van der Waals surface area contributed by atoms with Crippen molar-refractivity contribution in [2.24, 2.45) is 0 Å². The van der Waals surface area contributed by atoms with Crippen LogP contribution in [0.5, 0.6) is 0 Å². The van der Waals surface area contributed by atoms with Gasteiger partial charge in [-0.1, -0.05) is 18.9 Å². The second-order valence-electron chi connectivity index (χ2n) is 5.25. The van der Waals surface area contributed by atoms with Gasteiger partial charge in [-0.25, -0.2) is 8.42 Å². The molecule has 1 aromatic rings. The minimum absolute atomic E-state index is 0.371. The van der Waals surface area contributed by atoms with Crippen molar-refractivity contribution in [2.45, 2.75) is 43.1 Å². The first-order valence-corrected chi connectivity index (χ1v) is 8.41. The van der Waals surface area contributed by atoms with Gasteiger partial charge in [0.2, 0.25) is 5.91 Å². The minimum Gasteiger partial charge on any atom is -0.399 e. The zero-order chi connectivity index (χ0) is 14.8. The molecule has 0 spiro atoms. The van der Waals surface area contributed by atoms with Crippen LogP contribution in [0.15, 0.2) is 24.3 Å². The third kappa shape index (κ3) is 3.12. The maximum Gasteiger partial charge on any atom is 0.242 e. The number of amides is 1. The first kappa shape index (κ1) is 14.8. The Hall–Kier alpha value is -1.56. The molecule has 6 heteroatoms. The summed E-state index contributed by atoms with van der Waals surface area (Å²) in [5.74, 6) is -0.498. The number of nitrogens with two attached hydrogens (primary N) is 1. The summed E-state index contributed by atoms with van der Waals surface area (Å²) < 4.78 is 24.7. The summed E-state index contributed by atoms with van der Waals surface area (Å²) in [6.45, 7) is 1.45. The van der Waals surface area contributed by atoms with E-state index in [-0.39, 0.29) is 5.25 Å². The summed E-state index contributed by atoms with van der Waals surface area (Å²) in [5, 5.41) is 1.21. The van der Waals surface area contributed by atoms with E-state index in [1.807, 2.05) is 0 Å². The molecule has 1 fully saturated rings. The van der Waals surface area contributed by atoms with Crippen molar-refractivity contribution in [3.63, 3.8) is 0 Å². The predicted octanol–water partition coefficient (Wildman–Crippen LogP) is 1.95. The minimum atomic E-state index is -3.41. The monoisotopic (exact) mass is 296 g/mol. The lowest BCUT2D eigenvalue weighted by atomic mass is 10.3. The second-order valence-corrected chi connectivity index (χ2v) is 7.80. The molecular weight excluding hydrogens is 276 g/mol. The van der Waals surface area contributed by atoms with Gasteiger partial charge in [0.25, 0.3) is 0 Å². The molecule has 1 atom stereocenters. The number of nitrogen functional groups attached to an aromatic ring is 1. The molecule has 20 heavy (non-hydrogen) atoms. The Morgan fingerprint density at radius 2 is 2.00 bits per heavy atom. The quantitative estimate of drug-likeness (QED) is 0.831. The largest absolute Gasteiger partial charge is 0.399 e. The van der Waals surface area contributed by atoms with Gasteiger partial charge >= 0.3 is 0 Å². The zero-order valence-electron chi connectivity index (χ0n) is 11.5.